The van der Waals surface area contributed by atoms with E-state index in [0.717, 1.165) is 0 Å². The van der Waals surface area contributed by atoms with Gasteiger partial charge in [0, 0.05) is 11.4 Å². The Kier molecular flexibility index (Phi) is 5.77. The summed E-state index contributed by atoms with van der Waals surface area (Å²) in [4.78, 5) is 16.3. The Labute approximate surface area is 161 Å². The zero-order chi connectivity index (χ0) is 19.9. The molecule has 0 bridgehead atoms. The molecule has 0 saturated carbocycles. The summed E-state index contributed by atoms with van der Waals surface area (Å²) in [5.41, 5.74) is 1.19. The summed E-state index contributed by atoms with van der Waals surface area (Å²) >= 11 is 0. The average molecular weight is 378 g/mol. The second kappa shape index (κ2) is 8.60. The standard InChI is InChI=1S/C20H18N4O4/c1-3-27-16-10-6-13(7-11-16)22-18(25)20-24-17(12-21)19(28-20)23-14-4-8-15(26-2)9-5-14/h4-11,23H,3H2,1-2H3,(H,22,25). The quantitative estimate of drug-likeness (QED) is 0.640. The zero-order valence-corrected chi connectivity index (χ0v) is 15.4. The number of carbonyl (C=O) groups excluding carboxylic acids is 1. The van der Waals surface area contributed by atoms with E-state index in [0.29, 0.717) is 29.5 Å². The summed E-state index contributed by atoms with van der Waals surface area (Å²) in [7, 11) is 1.57. The van der Waals surface area contributed by atoms with Crippen molar-refractivity contribution in [2.45, 2.75) is 6.92 Å². The van der Waals surface area contributed by atoms with Crippen molar-refractivity contribution >= 4 is 23.2 Å². The highest BCUT2D eigenvalue weighted by Crippen LogP contribution is 2.24. The maximum absolute atomic E-state index is 12.4. The van der Waals surface area contributed by atoms with Gasteiger partial charge >= 0.3 is 5.91 Å². The fourth-order valence-corrected chi connectivity index (χ4v) is 2.37. The zero-order valence-electron chi connectivity index (χ0n) is 15.4. The highest BCUT2D eigenvalue weighted by Gasteiger charge is 2.19. The Morgan fingerprint density at radius 3 is 2.36 bits per heavy atom. The number of benzene rings is 2. The Bertz CT molecular complexity index is 989. The van der Waals surface area contributed by atoms with Crippen LogP contribution >= 0.6 is 0 Å². The van der Waals surface area contributed by atoms with E-state index in [2.05, 4.69) is 15.6 Å². The molecule has 0 aliphatic heterocycles. The molecule has 1 heterocycles. The molecule has 0 aliphatic carbocycles. The molecule has 2 aromatic carbocycles. The summed E-state index contributed by atoms with van der Waals surface area (Å²) in [5.74, 6) is 0.697. The smallest absolute Gasteiger partial charge is 0.311 e. The molecule has 0 radical (unpaired) electrons. The summed E-state index contributed by atoms with van der Waals surface area (Å²) < 4.78 is 15.9. The monoisotopic (exact) mass is 378 g/mol. The van der Waals surface area contributed by atoms with Crippen molar-refractivity contribution in [2.24, 2.45) is 0 Å². The van der Waals surface area contributed by atoms with Crippen LogP contribution in [0.25, 0.3) is 0 Å². The van der Waals surface area contributed by atoms with Crippen LogP contribution in [0.2, 0.25) is 0 Å². The highest BCUT2D eigenvalue weighted by molar-refractivity contribution is 6.01. The van der Waals surface area contributed by atoms with Crippen LogP contribution in [0.1, 0.15) is 23.3 Å². The first-order valence-electron chi connectivity index (χ1n) is 8.49. The molecular formula is C20H18N4O4. The van der Waals surface area contributed by atoms with Crippen molar-refractivity contribution in [1.29, 1.82) is 5.26 Å². The lowest BCUT2D eigenvalue weighted by Crippen LogP contribution is -2.12. The van der Waals surface area contributed by atoms with E-state index in [4.69, 9.17) is 13.9 Å². The van der Waals surface area contributed by atoms with Crippen LogP contribution in [0, 0.1) is 11.3 Å². The van der Waals surface area contributed by atoms with E-state index < -0.39 is 5.91 Å². The molecular weight excluding hydrogens is 360 g/mol. The van der Waals surface area contributed by atoms with Crippen LogP contribution in [0.5, 0.6) is 11.5 Å². The molecule has 2 N–H and O–H groups in total. The van der Waals surface area contributed by atoms with E-state index in [1.807, 2.05) is 13.0 Å². The Balaban J connectivity index is 1.73. The number of nitrogens with zero attached hydrogens (tertiary/aromatic N) is 2. The fraction of sp³-hybridized carbons (Fsp3) is 0.150. The third-order valence-electron chi connectivity index (χ3n) is 3.70. The third-order valence-corrected chi connectivity index (χ3v) is 3.70. The Hall–Kier alpha value is -3.99. The minimum atomic E-state index is -0.566. The molecule has 1 aromatic heterocycles. The number of anilines is 3. The van der Waals surface area contributed by atoms with Gasteiger partial charge in [-0.3, -0.25) is 4.79 Å². The fourth-order valence-electron chi connectivity index (χ4n) is 2.37. The first-order chi connectivity index (χ1) is 13.6. The molecule has 3 rings (SSSR count). The van der Waals surface area contributed by atoms with Crippen LogP contribution in [0.3, 0.4) is 0 Å². The number of aromatic nitrogens is 1. The maximum Gasteiger partial charge on any atom is 0.311 e. The first kappa shape index (κ1) is 18.8. The minimum Gasteiger partial charge on any atom is -0.497 e. The summed E-state index contributed by atoms with van der Waals surface area (Å²) in [6.07, 6.45) is 0. The number of nitrogens with one attached hydrogen (secondary N) is 2. The van der Waals surface area contributed by atoms with E-state index in [-0.39, 0.29) is 17.5 Å². The topological polar surface area (TPSA) is 109 Å². The average Bonchev–Trinajstić information content (AvgIpc) is 3.13. The van der Waals surface area contributed by atoms with Gasteiger partial charge in [0.25, 0.3) is 5.89 Å². The van der Waals surface area contributed by atoms with Gasteiger partial charge in [-0.2, -0.15) is 10.2 Å². The lowest BCUT2D eigenvalue weighted by atomic mass is 10.3. The van der Waals surface area contributed by atoms with Gasteiger partial charge in [0.1, 0.15) is 17.6 Å². The SMILES string of the molecule is CCOc1ccc(NC(=O)c2nc(C#N)c(Nc3ccc(OC)cc3)o2)cc1. The van der Waals surface area contributed by atoms with Crippen LogP contribution < -0.4 is 20.1 Å². The van der Waals surface area contributed by atoms with Crippen molar-refractivity contribution in [3.05, 3.63) is 60.1 Å². The minimum absolute atomic E-state index is 0.0207. The van der Waals surface area contributed by atoms with Gasteiger partial charge < -0.3 is 24.5 Å². The van der Waals surface area contributed by atoms with Gasteiger partial charge in [0.15, 0.2) is 0 Å². The number of nitriles is 1. The van der Waals surface area contributed by atoms with E-state index in [9.17, 15) is 10.1 Å². The largest absolute Gasteiger partial charge is 0.497 e. The van der Waals surface area contributed by atoms with Gasteiger partial charge in [0.2, 0.25) is 11.6 Å². The van der Waals surface area contributed by atoms with Gasteiger partial charge in [-0.15, -0.1) is 0 Å². The van der Waals surface area contributed by atoms with Crippen molar-refractivity contribution in [3.8, 4) is 17.6 Å². The molecule has 0 atom stereocenters. The van der Waals surface area contributed by atoms with Gasteiger partial charge in [0.05, 0.1) is 13.7 Å². The molecule has 3 aromatic rings. The molecule has 0 aliphatic rings. The highest BCUT2D eigenvalue weighted by atomic mass is 16.5. The summed E-state index contributed by atoms with van der Waals surface area (Å²) in [6.45, 7) is 2.45. The molecule has 8 nitrogen and oxygen atoms in total. The Morgan fingerprint density at radius 1 is 1.11 bits per heavy atom. The molecule has 1 amide bonds. The van der Waals surface area contributed by atoms with E-state index >= 15 is 0 Å². The summed E-state index contributed by atoms with van der Waals surface area (Å²) in [5, 5.41) is 14.9. The normalized spacial score (nSPS) is 10.0. The predicted molar refractivity (Wildman–Crippen MR) is 103 cm³/mol. The van der Waals surface area contributed by atoms with Gasteiger partial charge in [-0.1, -0.05) is 0 Å². The maximum atomic E-state index is 12.4. The molecule has 142 valence electrons. The van der Waals surface area contributed by atoms with Gasteiger partial charge in [-0.25, -0.2) is 0 Å². The number of rotatable bonds is 7. The van der Waals surface area contributed by atoms with E-state index in [1.54, 1.807) is 55.6 Å². The molecule has 0 unspecified atom stereocenters. The number of hydrogen-bond acceptors (Lipinski definition) is 7. The second-order valence-electron chi connectivity index (χ2n) is 5.57. The molecule has 0 fully saturated rings. The van der Waals surface area contributed by atoms with Crippen LogP contribution in [-0.4, -0.2) is 24.6 Å². The van der Waals surface area contributed by atoms with Gasteiger partial charge in [-0.05, 0) is 55.5 Å². The van der Waals surface area contributed by atoms with Crippen LogP contribution in [-0.2, 0) is 0 Å². The number of oxazole rings is 1. The molecule has 28 heavy (non-hydrogen) atoms. The second-order valence-corrected chi connectivity index (χ2v) is 5.57. The number of carbonyl (C=O) groups is 1. The Morgan fingerprint density at radius 2 is 1.75 bits per heavy atom. The molecule has 0 spiro atoms. The van der Waals surface area contributed by atoms with Crippen LogP contribution in [0.15, 0.2) is 52.9 Å². The lowest BCUT2D eigenvalue weighted by Gasteiger charge is -2.05. The first-order valence-corrected chi connectivity index (χ1v) is 8.49. The number of methoxy groups -OCH3 is 1. The van der Waals surface area contributed by atoms with Crippen molar-refractivity contribution in [1.82, 2.24) is 4.98 Å². The number of hydrogen-bond donors (Lipinski definition) is 2. The lowest BCUT2D eigenvalue weighted by molar-refractivity contribution is 0.0991. The summed E-state index contributed by atoms with van der Waals surface area (Å²) in [6, 6.07) is 15.8. The van der Waals surface area contributed by atoms with Crippen molar-refractivity contribution in [2.75, 3.05) is 24.4 Å². The van der Waals surface area contributed by atoms with E-state index in [1.165, 1.54) is 0 Å². The van der Waals surface area contributed by atoms with Crippen molar-refractivity contribution in [3.63, 3.8) is 0 Å². The third kappa shape index (κ3) is 4.40. The predicted octanol–water partition coefficient (Wildman–Crippen LogP) is 3.95. The number of amides is 1. The number of ether oxygens (including phenoxy) is 2. The van der Waals surface area contributed by atoms with Crippen molar-refractivity contribution < 1.29 is 18.7 Å². The molecule has 8 heteroatoms. The van der Waals surface area contributed by atoms with Crippen LogP contribution in [0.4, 0.5) is 17.3 Å². The molecule has 0 saturated heterocycles.